The van der Waals surface area contributed by atoms with Crippen molar-refractivity contribution < 1.29 is 9.59 Å². The van der Waals surface area contributed by atoms with E-state index in [1.54, 1.807) is 0 Å². The number of aromatic nitrogens is 3. The molecule has 0 spiro atoms. The second-order valence-corrected chi connectivity index (χ2v) is 9.49. The summed E-state index contributed by atoms with van der Waals surface area (Å²) in [4.78, 5) is 34.4. The van der Waals surface area contributed by atoms with Gasteiger partial charge in [0.05, 0.1) is 23.3 Å². The van der Waals surface area contributed by atoms with Crippen LogP contribution < -0.4 is 0 Å². The van der Waals surface area contributed by atoms with Gasteiger partial charge < -0.3 is 9.80 Å². The quantitative estimate of drug-likeness (QED) is 0.760. The van der Waals surface area contributed by atoms with E-state index in [0.717, 1.165) is 36.2 Å². The Morgan fingerprint density at radius 3 is 2.71 bits per heavy atom. The van der Waals surface area contributed by atoms with Gasteiger partial charge in [-0.05, 0) is 40.5 Å². The average molecular weight is 381 g/mol. The largest absolute Gasteiger partial charge is 0.337 e. The Morgan fingerprint density at radius 2 is 2.00 bits per heavy atom. The number of likely N-dealkylation sites (tertiary alicyclic amines) is 1. The summed E-state index contributed by atoms with van der Waals surface area (Å²) in [6.45, 7) is 8.59. The van der Waals surface area contributed by atoms with Crippen LogP contribution in [0.25, 0.3) is 5.65 Å². The van der Waals surface area contributed by atoms with Gasteiger partial charge >= 0.3 is 0 Å². The molecule has 0 radical (unpaired) electrons. The number of hydrogen-bond donors (Lipinski definition) is 0. The molecule has 28 heavy (non-hydrogen) atoms. The van der Waals surface area contributed by atoms with Crippen LogP contribution in [-0.4, -0.2) is 54.3 Å². The third-order valence-corrected chi connectivity index (χ3v) is 6.57. The Kier molecular flexibility index (Phi) is 3.64. The van der Waals surface area contributed by atoms with Gasteiger partial charge in [0, 0.05) is 48.8 Å². The lowest BCUT2D eigenvalue weighted by atomic mass is 9.96. The topological polar surface area (TPSA) is 70.8 Å². The maximum atomic E-state index is 13.5. The molecule has 2 fully saturated rings. The fraction of sp³-hybridized carbons (Fsp3) is 0.619. The van der Waals surface area contributed by atoms with E-state index in [4.69, 9.17) is 0 Å². The number of carbonyl (C=O) groups excluding carboxylic acids is 2. The molecule has 3 aliphatic rings. The lowest BCUT2D eigenvalue weighted by Gasteiger charge is -2.38. The normalized spacial score (nSPS) is 27.0. The first-order chi connectivity index (χ1) is 13.2. The Balaban J connectivity index is 1.46. The van der Waals surface area contributed by atoms with Gasteiger partial charge in [-0.25, -0.2) is 9.50 Å². The first kappa shape index (κ1) is 17.6. The standard InChI is InChI=1S/C21H27N5O2/c1-12-7-18-22-10-15-16-6-5-14(9-17(15)26(18)23-12)25(16)20(28)13-8-19(27)24(11-13)21(2,3)4/h7,10,13-14,16H,5-6,8-9,11H2,1-4H3/t13-,14+,16-/m1/s1. The number of hydrogen-bond acceptors (Lipinski definition) is 4. The van der Waals surface area contributed by atoms with Gasteiger partial charge in [0.1, 0.15) is 0 Å². The fourth-order valence-corrected chi connectivity index (χ4v) is 5.27. The Bertz CT molecular complexity index is 989. The summed E-state index contributed by atoms with van der Waals surface area (Å²) < 4.78 is 1.96. The molecule has 7 heteroatoms. The molecular formula is C21H27N5O2. The van der Waals surface area contributed by atoms with Gasteiger partial charge in [-0.1, -0.05) is 0 Å². The van der Waals surface area contributed by atoms with E-state index in [0.29, 0.717) is 13.0 Å². The molecule has 0 aliphatic carbocycles. The zero-order valence-corrected chi connectivity index (χ0v) is 17.0. The van der Waals surface area contributed by atoms with Gasteiger partial charge in [0.25, 0.3) is 0 Å². The highest BCUT2D eigenvalue weighted by molar-refractivity contribution is 5.90. The molecular weight excluding hydrogens is 354 g/mol. The fourth-order valence-electron chi connectivity index (χ4n) is 5.27. The summed E-state index contributed by atoms with van der Waals surface area (Å²) in [6, 6.07) is 2.24. The van der Waals surface area contributed by atoms with Crippen LogP contribution >= 0.6 is 0 Å². The van der Waals surface area contributed by atoms with Crippen LogP contribution in [-0.2, 0) is 16.0 Å². The highest BCUT2D eigenvalue weighted by atomic mass is 16.2. The van der Waals surface area contributed by atoms with Crippen molar-refractivity contribution in [3.05, 3.63) is 29.2 Å². The molecule has 0 N–H and O–H groups in total. The minimum atomic E-state index is -0.243. The third kappa shape index (κ3) is 2.48. The van der Waals surface area contributed by atoms with Gasteiger partial charge in [-0.2, -0.15) is 5.10 Å². The molecule has 148 valence electrons. The van der Waals surface area contributed by atoms with Crippen LogP contribution in [0.5, 0.6) is 0 Å². The summed E-state index contributed by atoms with van der Waals surface area (Å²) in [5.74, 6) is -0.0130. The SMILES string of the molecule is Cc1cc2ncc3c(n2n1)C[C@@H]1CC[C@H]3N1C(=O)[C@@H]1CC(=O)N(C(C)(C)C)C1. The summed E-state index contributed by atoms with van der Waals surface area (Å²) >= 11 is 0. The number of rotatable bonds is 1. The van der Waals surface area contributed by atoms with Crippen molar-refractivity contribution in [1.29, 1.82) is 0 Å². The smallest absolute Gasteiger partial charge is 0.228 e. The van der Waals surface area contributed by atoms with Crippen molar-refractivity contribution in [2.24, 2.45) is 5.92 Å². The highest BCUT2D eigenvalue weighted by Crippen LogP contribution is 2.45. The predicted molar refractivity (Wildman–Crippen MR) is 104 cm³/mol. The lowest BCUT2D eigenvalue weighted by molar-refractivity contribution is -0.139. The van der Waals surface area contributed by atoms with E-state index in [1.165, 1.54) is 5.69 Å². The number of amides is 2. The molecule has 2 amide bonds. The van der Waals surface area contributed by atoms with E-state index in [1.807, 2.05) is 49.4 Å². The predicted octanol–water partition coefficient (Wildman–Crippen LogP) is 2.27. The second kappa shape index (κ2) is 5.78. The van der Waals surface area contributed by atoms with E-state index >= 15 is 0 Å². The minimum Gasteiger partial charge on any atom is -0.337 e. The molecule has 2 saturated heterocycles. The second-order valence-electron chi connectivity index (χ2n) is 9.49. The minimum absolute atomic E-state index is 0.0569. The van der Waals surface area contributed by atoms with E-state index in [9.17, 15) is 9.59 Å². The summed E-state index contributed by atoms with van der Waals surface area (Å²) in [7, 11) is 0. The number of carbonyl (C=O) groups is 2. The number of fused-ring (bicyclic) bond motifs is 6. The van der Waals surface area contributed by atoms with Gasteiger partial charge in [0.15, 0.2) is 5.65 Å². The molecule has 2 aromatic heterocycles. The van der Waals surface area contributed by atoms with Crippen LogP contribution in [0.15, 0.2) is 12.3 Å². The van der Waals surface area contributed by atoms with Gasteiger partial charge in [0.2, 0.25) is 11.8 Å². The molecule has 0 unspecified atom stereocenters. The van der Waals surface area contributed by atoms with Crippen molar-refractivity contribution in [1.82, 2.24) is 24.4 Å². The monoisotopic (exact) mass is 381 g/mol. The van der Waals surface area contributed by atoms with E-state index in [2.05, 4.69) is 15.0 Å². The molecule has 3 atom stereocenters. The maximum absolute atomic E-state index is 13.5. The van der Waals surface area contributed by atoms with Crippen LogP contribution in [0.3, 0.4) is 0 Å². The summed E-state index contributed by atoms with van der Waals surface area (Å²) in [5, 5.41) is 4.62. The van der Waals surface area contributed by atoms with Crippen LogP contribution in [0, 0.1) is 12.8 Å². The first-order valence-electron chi connectivity index (χ1n) is 10.2. The zero-order chi connectivity index (χ0) is 19.8. The first-order valence-corrected chi connectivity index (χ1v) is 10.2. The van der Waals surface area contributed by atoms with Gasteiger partial charge in [-0.3, -0.25) is 9.59 Å². The zero-order valence-electron chi connectivity index (χ0n) is 17.0. The Hall–Kier alpha value is -2.44. The highest BCUT2D eigenvalue weighted by Gasteiger charge is 2.48. The van der Waals surface area contributed by atoms with Crippen LogP contribution in [0.4, 0.5) is 0 Å². The van der Waals surface area contributed by atoms with E-state index < -0.39 is 0 Å². The average Bonchev–Trinajstić information content (AvgIpc) is 3.28. The van der Waals surface area contributed by atoms with Crippen molar-refractivity contribution >= 4 is 17.5 Å². The van der Waals surface area contributed by atoms with Crippen LogP contribution in [0.1, 0.15) is 63.0 Å². The number of nitrogens with zero attached hydrogens (tertiary/aromatic N) is 5. The van der Waals surface area contributed by atoms with Crippen molar-refractivity contribution in [2.75, 3.05) is 6.54 Å². The molecule has 7 nitrogen and oxygen atoms in total. The Morgan fingerprint density at radius 1 is 1.21 bits per heavy atom. The Labute approximate surface area is 164 Å². The third-order valence-electron chi connectivity index (χ3n) is 6.57. The summed E-state index contributed by atoms with van der Waals surface area (Å²) in [5.41, 5.74) is 3.90. The maximum Gasteiger partial charge on any atom is 0.228 e. The van der Waals surface area contributed by atoms with E-state index in [-0.39, 0.29) is 35.4 Å². The van der Waals surface area contributed by atoms with Gasteiger partial charge in [-0.15, -0.1) is 0 Å². The molecule has 2 bridgehead atoms. The van der Waals surface area contributed by atoms with Crippen molar-refractivity contribution in [3.63, 3.8) is 0 Å². The molecule has 5 rings (SSSR count). The lowest BCUT2D eigenvalue weighted by Crippen LogP contribution is -2.47. The van der Waals surface area contributed by atoms with Crippen LogP contribution in [0.2, 0.25) is 0 Å². The molecule has 2 aromatic rings. The van der Waals surface area contributed by atoms with Crippen molar-refractivity contribution in [3.8, 4) is 0 Å². The number of aryl methyl sites for hydroxylation is 1. The summed E-state index contributed by atoms with van der Waals surface area (Å²) in [6.07, 6.45) is 5.02. The molecule has 5 heterocycles. The molecule has 0 aromatic carbocycles. The van der Waals surface area contributed by atoms with Crippen molar-refractivity contribution in [2.45, 2.75) is 71.0 Å². The molecule has 3 aliphatic heterocycles. The molecule has 0 saturated carbocycles.